The van der Waals surface area contributed by atoms with Crippen molar-refractivity contribution >= 4 is 5.78 Å². The van der Waals surface area contributed by atoms with Crippen molar-refractivity contribution < 1.29 is 19.4 Å². The molecule has 1 aliphatic rings. The summed E-state index contributed by atoms with van der Waals surface area (Å²) in [5.74, 6) is 0.457. The van der Waals surface area contributed by atoms with Crippen LogP contribution in [-0.2, 0) is 4.74 Å². The first kappa shape index (κ1) is 13.1. The predicted molar refractivity (Wildman–Crippen MR) is 67.1 cm³/mol. The molecule has 1 saturated heterocycles. The van der Waals surface area contributed by atoms with Gasteiger partial charge in [0.05, 0.1) is 32.5 Å². The normalized spacial score (nSPS) is 17.1. The summed E-state index contributed by atoms with van der Waals surface area (Å²) < 4.78 is 10.3. The third-order valence-corrected chi connectivity index (χ3v) is 3.60. The molecule has 0 aromatic heterocycles. The lowest BCUT2D eigenvalue weighted by molar-refractivity contribution is -0.109. The van der Waals surface area contributed by atoms with Gasteiger partial charge in [0.25, 0.3) is 0 Å². The molecule has 0 saturated carbocycles. The lowest BCUT2D eigenvalue weighted by Crippen LogP contribution is -2.51. The molecule has 0 unspecified atom stereocenters. The van der Waals surface area contributed by atoms with Gasteiger partial charge < -0.3 is 14.6 Å². The highest BCUT2D eigenvalue weighted by Gasteiger charge is 2.46. The molecular weight excluding hydrogens is 232 g/mol. The Hall–Kier alpha value is -1.39. The fourth-order valence-corrected chi connectivity index (χ4v) is 2.06. The zero-order valence-electron chi connectivity index (χ0n) is 10.9. The topological polar surface area (TPSA) is 55.8 Å². The van der Waals surface area contributed by atoms with Crippen LogP contribution in [0.3, 0.4) is 0 Å². The molecule has 2 rings (SSSR count). The lowest BCUT2D eigenvalue weighted by atomic mass is 9.78. The molecule has 1 N–H and O–H groups in total. The fourth-order valence-electron chi connectivity index (χ4n) is 2.06. The highest BCUT2D eigenvalue weighted by molar-refractivity contribution is 6.03. The third kappa shape index (κ3) is 1.91. The minimum Gasteiger partial charge on any atom is -0.496 e. The van der Waals surface area contributed by atoms with Gasteiger partial charge in [-0.25, -0.2) is 0 Å². The number of ketones is 1. The van der Waals surface area contributed by atoms with Crippen molar-refractivity contribution in [1.29, 1.82) is 0 Å². The van der Waals surface area contributed by atoms with Crippen LogP contribution in [0.15, 0.2) is 12.1 Å². The van der Waals surface area contributed by atoms with Crippen LogP contribution >= 0.6 is 0 Å². The maximum absolute atomic E-state index is 12.5. The van der Waals surface area contributed by atoms with E-state index >= 15 is 0 Å². The fraction of sp³-hybridized carbons (Fsp3) is 0.500. The second kappa shape index (κ2) is 4.71. The Morgan fingerprint density at radius 3 is 2.44 bits per heavy atom. The van der Waals surface area contributed by atoms with Crippen LogP contribution in [0.1, 0.15) is 21.5 Å². The van der Waals surface area contributed by atoms with E-state index in [1.54, 1.807) is 7.11 Å². The number of ether oxygens (including phenoxy) is 2. The minimum absolute atomic E-state index is 0.101. The molecule has 1 heterocycles. The number of rotatable bonds is 4. The van der Waals surface area contributed by atoms with E-state index in [4.69, 9.17) is 9.47 Å². The van der Waals surface area contributed by atoms with Gasteiger partial charge in [-0.3, -0.25) is 4.79 Å². The molecule has 0 radical (unpaired) electrons. The average Bonchev–Trinajstić information content (AvgIpc) is 2.31. The predicted octanol–water partition coefficient (Wildman–Crippen LogP) is 1.50. The molecule has 1 aromatic rings. The lowest BCUT2D eigenvalue weighted by Gasteiger charge is -2.38. The third-order valence-electron chi connectivity index (χ3n) is 3.60. The first-order chi connectivity index (χ1) is 8.54. The highest BCUT2D eigenvalue weighted by Crippen LogP contribution is 2.35. The van der Waals surface area contributed by atoms with Crippen LogP contribution in [0.2, 0.25) is 0 Å². The Morgan fingerprint density at radius 1 is 1.39 bits per heavy atom. The zero-order valence-corrected chi connectivity index (χ0v) is 10.9. The SMILES string of the molecule is COc1cc(C)c(C)cc1C(=O)C1(CO)COC1. The summed E-state index contributed by atoms with van der Waals surface area (Å²) in [5, 5.41) is 9.41. The Morgan fingerprint density at radius 2 is 2.00 bits per heavy atom. The minimum atomic E-state index is -0.783. The van der Waals surface area contributed by atoms with Gasteiger partial charge in [0, 0.05) is 0 Å². The molecule has 0 spiro atoms. The van der Waals surface area contributed by atoms with Gasteiger partial charge in [-0.05, 0) is 37.1 Å². The maximum Gasteiger partial charge on any atom is 0.179 e. The highest BCUT2D eigenvalue weighted by atomic mass is 16.5. The van der Waals surface area contributed by atoms with E-state index in [1.807, 2.05) is 26.0 Å². The van der Waals surface area contributed by atoms with Crippen molar-refractivity contribution in [2.45, 2.75) is 13.8 Å². The average molecular weight is 250 g/mol. The Labute approximate surface area is 107 Å². The number of aliphatic hydroxyl groups excluding tert-OH is 1. The van der Waals surface area contributed by atoms with E-state index in [-0.39, 0.29) is 25.6 Å². The van der Waals surface area contributed by atoms with Crippen LogP contribution in [0.5, 0.6) is 5.75 Å². The second-order valence-corrected chi connectivity index (χ2v) is 4.90. The quantitative estimate of drug-likeness (QED) is 0.823. The summed E-state index contributed by atoms with van der Waals surface area (Å²) >= 11 is 0. The number of aryl methyl sites for hydroxylation is 2. The summed E-state index contributed by atoms with van der Waals surface area (Å²) in [6.07, 6.45) is 0. The van der Waals surface area contributed by atoms with E-state index < -0.39 is 5.41 Å². The van der Waals surface area contributed by atoms with Crippen LogP contribution in [-0.4, -0.2) is 37.8 Å². The van der Waals surface area contributed by atoms with Gasteiger partial charge in [-0.1, -0.05) is 0 Å². The van der Waals surface area contributed by atoms with E-state index in [2.05, 4.69) is 0 Å². The van der Waals surface area contributed by atoms with Crippen LogP contribution < -0.4 is 4.74 Å². The Bertz CT molecular complexity index is 469. The number of methoxy groups -OCH3 is 1. The summed E-state index contributed by atoms with van der Waals surface area (Å²) in [5.41, 5.74) is 1.85. The number of aliphatic hydroxyl groups is 1. The van der Waals surface area contributed by atoms with Gasteiger partial charge in [0.15, 0.2) is 5.78 Å². The van der Waals surface area contributed by atoms with Crippen molar-refractivity contribution in [3.8, 4) is 5.75 Å². The van der Waals surface area contributed by atoms with E-state index in [0.717, 1.165) is 11.1 Å². The van der Waals surface area contributed by atoms with Crippen LogP contribution in [0.4, 0.5) is 0 Å². The monoisotopic (exact) mass is 250 g/mol. The molecule has 1 aromatic carbocycles. The molecule has 1 fully saturated rings. The van der Waals surface area contributed by atoms with Gasteiger partial charge in [0.2, 0.25) is 0 Å². The zero-order chi connectivity index (χ0) is 13.3. The standard InChI is InChI=1S/C14H18O4/c1-9-4-11(12(17-3)5-10(9)2)13(16)14(6-15)7-18-8-14/h4-5,15H,6-8H2,1-3H3. The largest absolute Gasteiger partial charge is 0.496 e. The van der Waals surface area contributed by atoms with Gasteiger partial charge >= 0.3 is 0 Å². The molecule has 98 valence electrons. The molecule has 0 amide bonds. The van der Waals surface area contributed by atoms with Gasteiger partial charge in [-0.2, -0.15) is 0 Å². The van der Waals surface area contributed by atoms with Crippen molar-refractivity contribution in [3.63, 3.8) is 0 Å². The second-order valence-electron chi connectivity index (χ2n) is 4.90. The Kier molecular flexibility index (Phi) is 3.41. The summed E-state index contributed by atoms with van der Waals surface area (Å²) in [4.78, 5) is 12.5. The summed E-state index contributed by atoms with van der Waals surface area (Å²) in [7, 11) is 1.55. The molecule has 0 aliphatic carbocycles. The summed E-state index contributed by atoms with van der Waals surface area (Å²) in [6.45, 7) is 4.29. The number of carbonyl (C=O) groups is 1. The molecule has 18 heavy (non-hydrogen) atoms. The van der Waals surface area contributed by atoms with Crippen molar-refractivity contribution in [3.05, 3.63) is 28.8 Å². The molecule has 0 bridgehead atoms. The number of hydrogen-bond acceptors (Lipinski definition) is 4. The molecular formula is C14H18O4. The number of hydrogen-bond donors (Lipinski definition) is 1. The van der Waals surface area contributed by atoms with E-state index in [9.17, 15) is 9.90 Å². The number of carbonyl (C=O) groups excluding carboxylic acids is 1. The molecule has 1 aliphatic heterocycles. The Balaban J connectivity index is 2.44. The van der Waals surface area contributed by atoms with Crippen LogP contribution in [0.25, 0.3) is 0 Å². The van der Waals surface area contributed by atoms with Crippen molar-refractivity contribution in [1.82, 2.24) is 0 Å². The summed E-state index contributed by atoms with van der Waals surface area (Å²) in [6, 6.07) is 3.68. The van der Waals surface area contributed by atoms with Crippen LogP contribution in [0, 0.1) is 19.3 Å². The van der Waals surface area contributed by atoms with Gasteiger partial charge in [0.1, 0.15) is 11.2 Å². The first-order valence-corrected chi connectivity index (χ1v) is 5.93. The first-order valence-electron chi connectivity index (χ1n) is 5.93. The number of Topliss-reactive ketones (excluding diaryl/α,β-unsaturated/α-hetero) is 1. The maximum atomic E-state index is 12.5. The number of benzene rings is 1. The van der Waals surface area contributed by atoms with E-state index in [1.165, 1.54) is 0 Å². The smallest absolute Gasteiger partial charge is 0.179 e. The van der Waals surface area contributed by atoms with Gasteiger partial charge in [-0.15, -0.1) is 0 Å². The van der Waals surface area contributed by atoms with Crippen molar-refractivity contribution in [2.75, 3.05) is 26.9 Å². The van der Waals surface area contributed by atoms with Crippen molar-refractivity contribution in [2.24, 2.45) is 5.41 Å². The van der Waals surface area contributed by atoms with E-state index in [0.29, 0.717) is 11.3 Å². The molecule has 4 nitrogen and oxygen atoms in total. The molecule has 4 heteroatoms. The molecule has 0 atom stereocenters.